The molecule has 0 bridgehead atoms. The van der Waals surface area contributed by atoms with Crippen LogP contribution in [-0.2, 0) is 0 Å². The molecule has 0 aliphatic rings. The SMILES string of the molecule is C/C(=N/Nc1nc2ccccc2[nH]1)c1ccc(F)c(F)c1. The number of nitrogens with zero attached hydrogens (tertiary/aromatic N) is 2. The van der Waals surface area contributed by atoms with Gasteiger partial charge >= 0.3 is 0 Å². The molecule has 21 heavy (non-hydrogen) atoms. The average molecular weight is 286 g/mol. The lowest BCUT2D eigenvalue weighted by molar-refractivity contribution is 0.508. The summed E-state index contributed by atoms with van der Waals surface area (Å²) in [5.74, 6) is -1.29. The van der Waals surface area contributed by atoms with E-state index in [9.17, 15) is 8.78 Å². The van der Waals surface area contributed by atoms with Gasteiger partial charge in [-0.1, -0.05) is 12.1 Å². The van der Waals surface area contributed by atoms with Crippen LogP contribution in [0.15, 0.2) is 47.6 Å². The van der Waals surface area contributed by atoms with Gasteiger partial charge in [0.1, 0.15) is 0 Å². The Bertz CT molecular complexity index is 790. The normalized spacial score (nSPS) is 11.9. The molecule has 4 nitrogen and oxygen atoms in total. The summed E-state index contributed by atoms with van der Waals surface area (Å²) >= 11 is 0. The van der Waals surface area contributed by atoms with Crippen molar-refractivity contribution in [3.8, 4) is 0 Å². The Labute approximate surface area is 119 Å². The molecule has 0 saturated carbocycles. The molecule has 1 heterocycles. The first-order valence-electron chi connectivity index (χ1n) is 6.34. The molecule has 0 saturated heterocycles. The van der Waals surface area contributed by atoms with Crippen LogP contribution in [0, 0.1) is 11.6 Å². The molecule has 0 fully saturated rings. The van der Waals surface area contributed by atoms with Gasteiger partial charge in [0.25, 0.3) is 0 Å². The van der Waals surface area contributed by atoms with Crippen molar-refractivity contribution in [1.82, 2.24) is 9.97 Å². The summed E-state index contributed by atoms with van der Waals surface area (Å²) in [7, 11) is 0. The van der Waals surface area contributed by atoms with Crippen molar-refractivity contribution in [2.75, 3.05) is 5.43 Å². The summed E-state index contributed by atoms with van der Waals surface area (Å²) in [6.07, 6.45) is 0. The zero-order valence-corrected chi connectivity index (χ0v) is 11.2. The van der Waals surface area contributed by atoms with Gasteiger partial charge < -0.3 is 4.98 Å². The predicted octanol–water partition coefficient (Wildman–Crippen LogP) is 3.68. The van der Waals surface area contributed by atoms with Crippen LogP contribution in [0.2, 0.25) is 0 Å². The molecule has 2 N–H and O–H groups in total. The van der Waals surface area contributed by atoms with E-state index in [2.05, 4.69) is 20.5 Å². The van der Waals surface area contributed by atoms with Crippen LogP contribution in [0.3, 0.4) is 0 Å². The number of rotatable bonds is 3. The number of imidazole rings is 1. The van der Waals surface area contributed by atoms with Crippen LogP contribution >= 0.6 is 0 Å². The number of anilines is 1. The van der Waals surface area contributed by atoms with Gasteiger partial charge in [0.2, 0.25) is 5.95 Å². The quantitative estimate of drug-likeness (QED) is 0.570. The van der Waals surface area contributed by atoms with Crippen molar-refractivity contribution in [1.29, 1.82) is 0 Å². The molecular weight excluding hydrogens is 274 g/mol. The third kappa shape index (κ3) is 2.74. The zero-order valence-electron chi connectivity index (χ0n) is 11.2. The highest BCUT2D eigenvalue weighted by molar-refractivity contribution is 5.99. The third-order valence-electron chi connectivity index (χ3n) is 3.06. The Hall–Kier alpha value is -2.76. The zero-order chi connectivity index (χ0) is 14.8. The molecular formula is C15H12F2N4. The summed E-state index contributed by atoms with van der Waals surface area (Å²) in [5.41, 5.74) is 5.50. The maximum Gasteiger partial charge on any atom is 0.222 e. The molecule has 0 aliphatic heterocycles. The molecule has 0 unspecified atom stereocenters. The molecule has 0 aliphatic carbocycles. The minimum absolute atomic E-state index is 0.484. The van der Waals surface area contributed by atoms with E-state index < -0.39 is 11.6 Å². The standard InChI is InChI=1S/C15H12F2N4/c1-9(10-6-7-11(16)12(17)8-10)20-21-15-18-13-4-2-3-5-14(13)19-15/h2-8H,1H3,(H2,18,19,21)/b20-9-. The van der Waals surface area contributed by atoms with Gasteiger partial charge in [-0.25, -0.2) is 19.2 Å². The second kappa shape index (κ2) is 5.32. The maximum atomic E-state index is 13.2. The molecule has 3 aromatic rings. The minimum Gasteiger partial charge on any atom is -0.323 e. The van der Waals surface area contributed by atoms with Crippen LogP contribution in [0.4, 0.5) is 14.7 Å². The summed E-state index contributed by atoms with van der Waals surface area (Å²) < 4.78 is 26.1. The fraction of sp³-hybridized carbons (Fsp3) is 0.0667. The minimum atomic E-state index is -0.897. The van der Waals surface area contributed by atoms with E-state index >= 15 is 0 Å². The Morgan fingerprint density at radius 2 is 1.95 bits per heavy atom. The second-order valence-corrected chi connectivity index (χ2v) is 4.54. The van der Waals surface area contributed by atoms with Gasteiger partial charge in [-0.2, -0.15) is 5.10 Å². The first kappa shape index (κ1) is 13.2. The highest BCUT2D eigenvalue weighted by Crippen LogP contribution is 2.14. The van der Waals surface area contributed by atoms with Gasteiger partial charge in [-0.3, -0.25) is 0 Å². The van der Waals surface area contributed by atoms with Crippen LogP contribution in [-0.4, -0.2) is 15.7 Å². The van der Waals surface area contributed by atoms with Crippen molar-refractivity contribution in [3.05, 3.63) is 59.7 Å². The Kier molecular flexibility index (Phi) is 3.35. The molecule has 2 aromatic carbocycles. The lowest BCUT2D eigenvalue weighted by atomic mass is 10.1. The number of hydrazone groups is 1. The van der Waals surface area contributed by atoms with Crippen LogP contribution in [0.1, 0.15) is 12.5 Å². The van der Waals surface area contributed by atoms with Crippen LogP contribution in [0.25, 0.3) is 11.0 Å². The number of aromatic amines is 1. The number of hydrogen-bond acceptors (Lipinski definition) is 3. The molecule has 106 valence electrons. The van der Waals surface area contributed by atoms with E-state index in [-0.39, 0.29) is 0 Å². The monoisotopic (exact) mass is 286 g/mol. The molecule has 0 spiro atoms. The number of fused-ring (bicyclic) bond motifs is 1. The topological polar surface area (TPSA) is 53.1 Å². The van der Waals surface area contributed by atoms with Gasteiger partial charge in [-0.15, -0.1) is 0 Å². The molecule has 0 atom stereocenters. The van der Waals surface area contributed by atoms with E-state index in [0.717, 1.165) is 23.2 Å². The van der Waals surface area contributed by atoms with Crippen molar-refractivity contribution >= 4 is 22.7 Å². The van der Waals surface area contributed by atoms with Gasteiger partial charge in [0.15, 0.2) is 11.6 Å². The lowest BCUT2D eigenvalue weighted by Crippen LogP contribution is -2.01. The number of H-pyrrole nitrogens is 1. The number of benzene rings is 2. The van der Waals surface area contributed by atoms with Crippen molar-refractivity contribution in [3.63, 3.8) is 0 Å². The van der Waals surface area contributed by atoms with Crippen molar-refractivity contribution < 1.29 is 8.78 Å². The third-order valence-corrected chi connectivity index (χ3v) is 3.06. The lowest BCUT2D eigenvalue weighted by Gasteiger charge is -2.02. The molecule has 0 radical (unpaired) electrons. The summed E-state index contributed by atoms with van der Waals surface area (Å²) in [4.78, 5) is 7.36. The summed E-state index contributed by atoms with van der Waals surface area (Å²) in [6.45, 7) is 1.70. The number of halogens is 2. The highest BCUT2D eigenvalue weighted by Gasteiger charge is 2.05. The smallest absolute Gasteiger partial charge is 0.222 e. The maximum absolute atomic E-state index is 13.2. The Morgan fingerprint density at radius 1 is 1.14 bits per heavy atom. The van der Waals surface area contributed by atoms with E-state index in [1.54, 1.807) is 6.92 Å². The Balaban J connectivity index is 1.82. The number of aromatic nitrogens is 2. The summed E-state index contributed by atoms with van der Waals surface area (Å²) in [6, 6.07) is 11.2. The van der Waals surface area contributed by atoms with Gasteiger partial charge in [0, 0.05) is 5.56 Å². The van der Waals surface area contributed by atoms with Crippen LogP contribution < -0.4 is 5.43 Å². The Morgan fingerprint density at radius 3 is 2.71 bits per heavy atom. The summed E-state index contributed by atoms with van der Waals surface area (Å²) in [5, 5.41) is 4.11. The van der Waals surface area contributed by atoms with E-state index in [1.807, 2.05) is 24.3 Å². The average Bonchev–Trinajstić information content (AvgIpc) is 2.90. The first-order chi connectivity index (χ1) is 10.1. The number of nitrogens with one attached hydrogen (secondary N) is 2. The van der Waals surface area contributed by atoms with Crippen LogP contribution in [0.5, 0.6) is 0 Å². The number of hydrogen-bond donors (Lipinski definition) is 2. The first-order valence-corrected chi connectivity index (χ1v) is 6.34. The molecule has 1 aromatic heterocycles. The fourth-order valence-corrected chi connectivity index (χ4v) is 1.93. The molecule has 3 rings (SSSR count). The van der Waals surface area contributed by atoms with Gasteiger partial charge in [-0.05, 0) is 37.3 Å². The fourth-order valence-electron chi connectivity index (χ4n) is 1.93. The van der Waals surface area contributed by atoms with Crippen molar-refractivity contribution in [2.24, 2.45) is 5.10 Å². The van der Waals surface area contributed by atoms with Crippen molar-refractivity contribution in [2.45, 2.75) is 6.92 Å². The van der Waals surface area contributed by atoms with E-state index in [0.29, 0.717) is 17.2 Å². The highest BCUT2D eigenvalue weighted by atomic mass is 19.2. The van der Waals surface area contributed by atoms with Gasteiger partial charge in [0.05, 0.1) is 16.7 Å². The second-order valence-electron chi connectivity index (χ2n) is 4.54. The van der Waals surface area contributed by atoms with E-state index in [4.69, 9.17) is 0 Å². The molecule has 6 heteroatoms. The largest absolute Gasteiger partial charge is 0.323 e. The number of para-hydroxylation sites is 2. The predicted molar refractivity (Wildman–Crippen MR) is 78.3 cm³/mol. The molecule has 0 amide bonds. The van der Waals surface area contributed by atoms with E-state index in [1.165, 1.54) is 6.07 Å².